The van der Waals surface area contributed by atoms with Crippen LogP contribution in [0.25, 0.3) is 0 Å². The number of allylic oxidation sites excluding steroid dienone is 1. The molecule has 1 aliphatic heterocycles. The van der Waals surface area contributed by atoms with Gasteiger partial charge < -0.3 is 10.1 Å². The Labute approximate surface area is 122 Å². The van der Waals surface area contributed by atoms with E-state index in [9.17, 15) is 9.59 Å². The Kier molecular flexibility index (Phi) is 5.37. The molecule has 1 rings (SSSR count). The van der Waals surface area contributed by atoms with Crippen molar-refractivity contribution >= 4 is 11.9 Å². The van der Waals surface area contributed by atoms with Crippen molar-refractivity contribution in [3.05, 3.63) is 12.2 Å². The predicted octanol–water partition coefficient (Wildman–Crippen LogP) is 2.83. The maximum absolute atomic E-state index is 12.3. The van der Waals surface area contributed by atoms with E-state index in [1.54, 1.807) is 0 Å². The van der Waals surface area contributed by atoms with Gasteiger partial charge in [-0.05, 0) is 40.5 Å². The zero-order valence-electron chi connectivity index (χ0n) is 13.3. The van der Waals surface area contributed by atoms with Crippen LogP contribution in [-0.2, 0) is 14.3 Å². The van der Waals surface area contributed by atoms with Crippen molar-refractivity contribution in [2.45, 2.75) is 65.5 Å². The number of hydrogen-bond donors (Lipinski definition) is 1. The summed E-state index contributed by atoms with van der Waals surface area (Å²) in [5, 5.41) is 2.81. The number of carbonyl (C=O) groups excluding carboxylic acids is 2. The summed E-state index contributed by atoms with van der Waals surface area (Å²) in [4.78, 5) is 24.4. The molecular weight excluding hydrogens is 254 g/mol. The van der Waals surface area contributed by atoms with Gasteiger partial charge in [-0.15, -0.1) is 6.58 Å². The van der Waals surface area contributed by atoms with E-state index in [1.165, 1.54) is 0 Å². The lowest BCUT2D eigenvalue weighted by atomic mass is 9.83. The van der Waals surface area contributed by atoms with Gasteiger partial charge in [-0.2, -0.15) is 0 Å². The second-order valence-electron chi connectivity index (χ2n) is 6.74. The topological polar surface area (TPSA) is 55.4 Å². The minimum absolute atomic E-state index is 0.000880. The summed E-state index contributed by atoms with van der Waals surface area (Å²) in [6.07, 6.45) is 2.40. The third kappa shape index (κ3) is 4.36. The zero-order valence-corrected chi connectivity index (χ0v) is 13.3. The summed E-state index contributed by atoms with van der Waals surface area (Å²) in [6.45, 7) is 13.4. The molecule has 0 aromatic carbocycles. The number of amides is 1. The maximum atomic E-state index is 12.3. The van der Waals surface area contributed by atoms with Gasteiger partial charge in [0.05, 0.1) is 0 Å². The van der Waals surface area contributed by atoms with Crippen LogP contribution >= 0.6 is 0 Å². The summed E-state index contributed by atoms with van der Waals surface area (Å²) in [5.41, 5.74) is 0.432. The molecule has 3 atom stereocenters. The van der Waals surface area contributed by atoms with Crippen molar-refractivity contribution in [3.63, 3.8) is 0 Å². The third-order valence-corrected chi connectivity index (χ3v) is 3.43. The molecule has 4 heteroatoms. The Morgan fingerprint density at radius 3 is 2.45 bits per heavy atom. The van der Waals surface area contributed by atoms with Crippen LogP contribution in [0.1, 0.15) is 53.9 Å². The smallest absolute Gasteiger partial charge is 0.329 e. The molecule has 20 heavy (non-hydrogen) atoms. The summed E-state index contributed by atoms with van der Waals surface area (Å²) >= 11 is 0. The lowest BCUT2D eigenvalue weighted by Gasteiger charge is -2.25. The molecule has 0 aliphatic carbocycles. The fourth-order valence-electron chi connectivity index (χ4n) is 2.71. The lowest BCUT2D eigenvalue weighted by Crippen LogP contribution is -2.41. The highest BCUT2D eigenvalue weighted by Gasteiger charge is 2.46. The van der Waals surface area contributed by atoms with Gasteiger partial charge in [0, 0.05) is 11.8 Å². The van der Waals surface area contributed by atoms with Crippen LogP contribution < -0.4 is 5.32 Å². The van der Waals surface area contributed by atoms with Crippen LogP contribution in [-0.4, -0.2) is 23.5 Å². The van der Waals surface area contributed by atoms with Gasteiger partial charge >= 0.3 is 5.97 Å². The first-order valence-electron chi connectivity index (χ1n) is 7.33. The van der Waals surface area contributed by atoms with Gasteiger partial charge in [0.2, 0.25) is 5.91 Å². The Morgan fingerprint density at radius 2 is 2.00 bits per heavy atom. The summed E-state index contributed by atoms with van der Waals surface area (Å²) in [7, 11) is 0. The molecule has 4 nitrogen and oxygen atoms in total. The predicted molar refractivity (Wildman–Crippen MR) is 79.1 cm³/mol. The molecule has 0 spiro atoms. The average molecular weight is 281 g/mol. The number of ether oxygens (including phenoxy) is 1. The van der Waals surface area contributed by atoms with Crippen molar-refractivity contribution in [3.8, 4) is 0 Å². The fourth-order valence-corrected chi connectivity index (χ4v) is 2.71. The van der Waals surface area contributed by atoms with E-state index >= 15 is 0 Å². The third-order valence-electron chi connectivity index (χ3n) is 3.43. The summed E-state index contributed by atoms with van der Waals surface area (Å²) in [6, 6.07) is -0.522. The molecule has 1 fully saturated rings. The molecule has 2 unspecified atom stereocenters. The van der Waals surface area contributed by atoms with E-state index in [1.807, 2.05) is 27.7 Å². The van der Waals surface area contributed by atoms with Gasteiger partial charge in [-0.25, -0.2) is 4.79 Å². The molecule has 1 amide bonds. The number of nitrogens with one attached hydrogen (secondary N) is 1. The Morgan fingerprint density at radius 1 is 1.40 bits per heavy atom. The minimum Gasteiger partial charge on any atom is -0.458 e. The largest absolute Gasteiger partial charge is 0.458 e. The van der Waals surface area contributed by atoms with Crippen molar-refractivity contribution in [1.29, 1.82) is 0 Å². The SMILES string of the molecule is C=C(C)CC1C(=O)N[C@H](C(=O)OC(C)(C)C)C1CCC. The molecular formula is C16H27NO3. The normalized spacial score (nSPS) is 26.2. The van der Waals surface area contributed by atoms with Gasteiger partial charge in [0.1, 0.15) is 11.6 Å². The van der Waals surface area contributed by atoms with Gasteiger partial charge in [-0.1, -0.05) is 18.9 Å². The fraction of sp³-hybridized carbons (Fsp3) is 0.750. The molecule has 0 bridgehead atoms. The molecule has 0 aromatic rings. The lowest BCUT2D eigenvalue weighted by molar-refractivity contribution is -0.158. The summed E-state index contributed by atoms with van der Waals surface area (Å²) < 4.78 is 5.42. The van der Waals surface area contributed by atoms with Gasteiger partial charge in [0.15, 0.2) is 0 Å². The van der Waals surface area contributed by atoms with E-state index < -0.39 is 11.6 Å². The molecule has 114 valence electrons. The number of hydrogen-bond acceptors (Lipinski definition) is 3. The standard InChI is InChI=1S/C16H27NO3/c1-7-8-11-12(9-10(2)3)14(18)17-13(11)15(19)20-16(4,5)6/h11-13H,2,7-9H2,1,3-6H3,(H,17,18)/t11?,12?,13-/m0/s1. The quantitative estimate of drug-likeness (QED) is 0.623. The molecule has 1 aliphatic rings. The van der Waals surface area contributed by atoms with Crippen molar-refractivity contribution in [2.75, 3.05) is 0 Å². The second-order valence-corrected chi connectivity index (χ2v) is 6.74. The van der Waals surface area contributed by atoms with Crippen LogP contribution in [0.5, 0.6) is 0 Å². The number of esters is 1. The highest BCUT2D eigenvalue weighted by atomic mass is 16.6. The van der Waals surface area contributed by atoms with Crippen LogP contribution in [0.2, 0.25) is 0 Å². The van der Waals surface area contributed by atoms with E-state index in [0.29, 0.717) is 6.42 Å². The van der Waals surface area contributed by atoms with E-state index in [4.69, 9.17) is 4.74 Å². The highest BCUT2D eigenvalue weighted by molar-refractivity contribution is 5.90. The van der Waals surface area contributed by atoms with Crippen molar-refractivity contribution < 1.29 is 14.3 Å². The number of carbonyl (C=O) groups is 2. The van der Waals surface area contributed by atoms with E-state index in [2.05, 4.69) is 18.8 Å². The van der Waals surface area contributed by atoms with E-state index in [-0.39, 0.29) is 23.7 Å². The highest BCUT2D eigenvalue weighted by Crippen LogP contribution is 2.33. The maximum Gasteiger partial charge on any atom is 0.329 e. The summed E-state index contributed by atoms with van der Waals surface area (Å²) in [5.74, 6) is -0.542. The van der Waals surface area contributed by atoms with Crippen LogP contribution in [0.15, 0.2) is 12.2 Å². The van der Waals surface area contributed by atoms with Gasteiger partial charge in [-0.3, -0.25) is 4.79 Å². The van der Waals surface area contributed by atoms with E-state index in [0.717, 1.165) is 18.4 Å². The van der Waals surface area contributed by atoms with Gasteiger partial charge in [0.25, 0.3) is 0 Å². The average Bonchev–Trinajstić information content (AvgIpc) is 2.55. The zero-order chi connectivity index (χ0) is 15.5. The second kappa shape index (κ2) is 6.42. The first kappa shape index (κ1) is 16.7. The van der Waals surface area contributed by atoms with Crippen molar-refractivity contribution in [2.24, 2.45) is 11.8 Å². The molecule has 0 radical (unpaired) electrons. The molecule has 1 saturated heterocycles. The number of rotatable bonds is 5. The molecule has 1 heterocycles. The monoisotopic (exact) mass is 281 g/mol. The molecule has 1 N–H and O–H groups in total. The first-order chi connectivity index (χ1) is 9.15. The Hall–Kier alpha value is -1.32. The van der Waals surface area contributed by atoms with Crippen LogP contribution in [0.3, 0.4) is 0 Å². The first-order valence-corrected chi connectivity index (χ1v) is 7.33. The van der Waals surface area contributed by atoms with Crippen LogP contribution in [0, 0.1) is 11.8 Å². The Balaban J connectivity index is 2.87. The van der Waals surface area contributed by atoms with Crippen molar-refractivity contribution in [1.82, 2.24) is 5.32 Å². The molecule has 0 aromatic heterocycles. The molecule has 0 saturated carbocycles. The Bertz CT molecular complexity index is 395. The van der Waals surface area contributed by atoms with Crippen LogP contribution in [0.4, 0.5) is 0 Å². The minimum atomic E-state index is -0.537.